The average molecular weight is 246 g/mol. The van der Waals surface area contributed by atoms with Gasteiger partial charge >= 0.3 is 6.43 Å². The van der Waals surface area contributed by atoms with Crippen molar-refractivity contribution in [2.45, 2.75) is 6.43 Å². The molecule has 0 atom stereocenters. The van der Waals surface area contributed by atoms with Crippen molar-refractivity contribution in [3.05, 3.63) is 9.72 Å². The van der Waals surface area contributed by atoms with Crippen LogP contribution in [0, 0.1) is 3.83 Å². The fourth-order valence-electron chi connectivity index (χ4n) is 0.305. The van der Waals surface area contributed by atoms with Crippen molar-refractivity contribution in [3.8, 4) is 0 Å². The zero-order valence-electron chi connectivity index (χ0n) is 4.01. The maximum atomic E-state index is 11.6. The van der Waals surface area contributed by atoms with Crippen LogP contribution in [0.2, 0.25) is 0 Å². The maximum Gasteiger partial charge on any atom is 0.315 e. The lowest BCUT2D eigenvalue weighted by atomic mass is 10.7. The first kappa shape index (κ1) is 6.84. The molecule has 0 aliphatic carbocycles. The van der Waals surface area contributed by atoms with Gasteiger partial charge in [-0.1, -0.05) is 5.16 Å². The molecule has 0 fully saturated rings. The van der Waals surface area contributed by atoms with Gasteiger partial charge < -0.3 is 4.52 Å². The number of aromatic nitrogens is 2. The molecule has 0 aromatic carbocycles. The lowest BCUT2D eigenvalue weighted by Gasteiger charge is -1.83. The minimum Gasteiger partial charge on any atom is -0.332 e. The highest BCUT2D eigenvalue weighted by Gasteiger charge is 2.14. The summed E-state index contributed by atoms with van der Waals surface area (Å²) in [5.41, 5.74) is 0. The molecule has 50 valence electrons. The monoisotopic (exact) mass is 246 g/mol. The van der Waals surface area contributed by atoms with Crippen LogP contribution in [-0.4, -0.2) is 10.1 Å². The van der Waals surface area contributed by atoms with E-state index in [0.717, 1.165) is 0 Å². The van der Waals surface area contributed by atoms with Crippen LogP contribution in [0.3, 0.4) is 0 Å². The third-order valence-electron chi connectivity index (χ3n) is 0.604. The van der Waals surface area contributed by atoms with Crippen LogP contribution in [0.1, 0.15) is 12.3 Å². The third-order valence-corrected chi connectivity index (χ3v) is 1.04. The van der Waals surface area contributed by atoms with Gasteiger partial charge in [-0.25, -0.2) is 0 Å². The number of rotatable bonds is 1. The van der Waals surface area contributed by atoms with E-state index in [0.29, 0.717) is 0 Å². The Labute approximate surface area is 62.6 Å². The van der Waals surface area contributed by atoms with E-state index < -0.39 is 12.3 Å². The summed E-state index contributed by atoms with van der Waals surface area (Å²) in [6.45, 7) is 0. The Morgan fingerprint density at radius 2 is 2.22 bits per heavy atom. The largest absolute Gasteiger partial charge is 0.332 e. The van der Waals surface area contributed by atoms with Crippen LogP contribution in [0.25, 0.3) is 0 Å². The van der Waals surface area contributed by atoms with E-state index in [1.54, 1.807) is 22.6 Å². The van der Waals surface area contributed by atoms with Gasteiger partial charge in [-0.15, -0.1) is 0 Å². The van der Waals surface area contributed by atoms with Crippen LogP contribution >= 0.6 is 22.6 Å². The molecule has 0 bridgehead atoms. The summed E-state index contributed by atoms with van der Waals surface area (Å²) in [7, 11) is 0. The standard InChI is InChI=1S/C3HF2IN2O/c4-1(5)2-7-3(6)8-9-2/h1H. The van der Waals surface area contributed by atoms with E-state index in [9.17, 15) is 8.78 Å². The van der Waals surface area contributed by atoms with Crippen molar-refractivity contribution in [1.82, 2.24) is 10.1 Å². The molecule has 0 N–H and O–H groups in total. The molecule has 1 rings (SSSR count). The number of hydrogen-bond acceptors (Lipinski definition) is 3. The summed E-state index contributed by atoms with van der Waals surface area (Å²) in [6, 6.07) is 0. The van der Waals surface area contributed by atoms with E-state index >= 15 is 0 Å². The minimum atomic E-state index is -2.67. The zero-order valence-corrected chi connectivity index (χ0v) is 6.17. The highest BCUT2D eigenvalue weighted by atomic mass is 127. The van der Waals surface area contributed by atoms with Crippen molar-refractivity contribution in [1.29, 1.82) is 0 Å². The van der Waals surface area contributed by atoms with E-state index in [2.05, 4.69) is 14.7 Å². The van der Waals surface area contributed by atoms with E-state index in [4.69, 9.17) is 0 Å². The average Bonchev–Trinajstić information content (AvgIpc) is 2.14. The van der Waals surface area contributed by atoms with Crippen molar-refractivity contribution < 1.29 is 13.3 Å². The molecule has 0 aliphatic rings. The second-order valence-electron chi connectivity index (χ2n) is 1.20. The Balaban J connectivity index is 2.85. The molecular formula is C3HF2IN2O. The summed E-state index contributed by atoms with van der Waals surface area (Å²) >= 11 is 1.68. The molecule has 3 nitrogen and oxygen atoms in total. The number of halogens is 3. The van der Waals surface area contributed by atoms with Gasteiger partial charge in [0.2, 0.25) is 3.83 Å². The minimum absolute atomic E-state index is 0.197. The van der Waals surface area contributed by atoms with Crippen molar-refractivity contribution in [2.75, 3.05) is 0 Å². The molecule has 0 saturated heterocycles. The van der Waals surface area contributed by atoms with Gasteiger partial charge in [0.25, 0.3) is 5.89 Å². The molecule has 0 unspecified atom stereocenters. The van der Waals surface area contributed by atoms with Crippen molar-refractivity contribution >= 4 is 22.6 Å². The summed E-state index contributed by atoms with van der Waals surface area (Å²) in [5, 5.41) is 3.16. The first-order valence-corrected chi connectivity index (χ1v) is 3.05. The third kappa shape index (κ3) is 1.57. The topological polar surface area (TPSA) is 38.9 Å². The first-order valence-electron chi connectivity index (χ1n) is 1.97. The van der Waals surface area contributed by atoms with Gasteiger partial charge in [-0.05, 0) is 0 Å². The van der Waals surface area contributed by atoms with Gasteiger partial charge in [0.05, 0.1) is 0 Å². The molecule has 0 aliphatic heterocycles. The smallest absolute Gasteiger partial charge is 0.315 e. The van der Waals surface area contributed by atoms with Gasteiger partial charge in [0, 0.05) is 22.6 Å². The van der Waals surface area contributed by atoms with E-state index in [1.165, 1.54) is 0 Å². The van der Waals surface area contributed by atoms with Crippen LogP contribution in [0.4, 0.5) is 8.78 Å². The molecule has 0 saturated carbocycles. The molecule has 0 spiro atoms. The van der Waals surface area contributed by atoms with Crippen molar-refractivity contribution in [2.24, 2.45) is 0 Å². The maximum absolute atomic E-state index is 11.6. The fraction of sp³-hybridized carbons (Fsp3) is 0.333. The number of nitrogens with zero attached hydrogens (tertiary/aromatic N) is 2. The molecule has 6 heteroatoms. The zero-order chi connectivity index (χ0) is 6.85. The van der Waals surface area contributed by atoms with Gasteiger partial charge in [0.15, 0.2) is 0 Å². The molecule has 1 heterocycles. The molecule has 0 amide bonds. The summed E-state index contributed by atoms with van der Waals surface area (Å²) in [6.07, 6.45) is -2.67. The van der Waals surface area contributed by atoms with Gasteiger partial charge in [-0.2, -0.15) is 13.8 Å². The summed E-state index contributed by atoms with van der Waals surface area (Å²) in [4.78, 5) is 3.27. The second kappa shape index (κ2) is 2.54. The van der Waals surface area contributed by atoms with E-state index in [1.807, 2.05) is 0 Å². The fourth-order valence-corrected chi connectivity index (χ4v) is 0.641. The lowest BCUT2D eigenvalue weighted by Crippen LogP contribution is -1.81. The predicted octanol–water partition coefficient (Wildman–Crippen LogP) is 1.61. The van der Waals surface area contributed by atoms with E-state index in [-0.39, 0.29) is 3.83 Å². The van der Waals surface area contributed by atoms with Crippen LogP contribution < -0.4 is 0 Å². The molecule has 0 radical (unpaired) electrons. The summed E-state index contributed by atoms with van der Waals surface area (Å²) < 4.78 is 27.5. The first-order chi connectivity index (χ1) is 4.20. The highest BCUT2D eigenvalue weighted by molar-refractivity contribution is 14.1. The van der Waals surface area contributed by atoms with Crippen LogP contribution in [0.15, 0.2) is 4.52 Å². The SMILES string of the molecule is FC(F)c1nc(I)no1. The second-order valence-corrected chi connectivity index (χ2v) is 2.17. The van der Waals surface area contributed by atoms with Crippen LogP contribution in [0.5, 0.6) is 0 Å². The Hall–Kier alpha value is -0.270. The Kier molecular flexibility index (Phi) is 1.94. The Bertz CT molecular complexity index is 201. The Morgan fingerprint density at radius 1 is 1.56 bits per heavy atom. The molecule has 9 heavy (non-hydrogen) atoms. The number of alkyl halides is 2. The predicted molar refractivity (Wildman–Crippen MR) is 32.0 cm³/mol. The number of hydrogen-bond donors (Lipinski definition) is 0. The normalized spacial score (nSPS) is 10.7. The molecule has 1 aromatic rings. The van der Waals surface area contributed by atoms with Crippen molar-refractivity contribution in [3.63, 3.8) is 0 Å². The quantitative estimate of drug-likeness (QED) is 0.706. The van der Waals surface area contributed by atoms with Crippen LogP contribution in [-0.2, 0) is 0 Å². The summed E-state index contributed by atoms with van der Waals surface area (Å²) in [5.74, 6) is -0.626. The molecule has 1 aromatic heterocycles. The lowest BCUT2D eigenvalue weighted by molar-refractivity contribution is 0.106. The van der Waals surface area contributed by atoms with Gasteiger partial charge in [0.1, 0.15) is 0 Å². The van der Waals surface area contributed by atoms with Gasteiger partial charge in [-0.3, -0.25) is 0 Å². The molecular weight excluding hydrogens is 245 g/mol. The Morgan fingerprint density at radius 3 is 2.44 bits per heavy atom. The highest BCUT2D eigenvalue weighted by Crippen LogP contribution is 2.15.